The number of hydrogen-bond donors (Lipinski definition) is 2. The number of aliphatic hydroxyl groups is 1. The molecule has 0 saturated carbocycles. The minimum Gasteiger partial charge on any atom is -0.483 e. The fraction of sp³-hybridized carbons (Fsp3) is 0.429. The number of rotatable bonds is 6. The molecule has 6 heteroatoms. The molecular formula is C14H19NO5. The SMILES string of the molecule is COC(=O)[C@H](CO)NC(=O)COc1c(C)cccc1C. The maximum absolute atomic E-state index is 11.7. The van der Waals surface area contributed by atoms with Crippen molar-refractivity contribution in [2.75, 3.05) is 20.3 Å². The van der Waals surface area contributed by atoms with Gasteiger partial charge in [0.15, 0.2) is 12.6 Å². The molecule has 0 bridgehead atoms. The van der Waals surface area contributed by atoms with Crippen molar-refractivity contribution in [3.63, 3.8) is 0 Å². The minimum atomic E-state index is -1.07. The van der Waals surface area contributed by atoms with Crippen LogP contribution >= 0.6 is 0 Å². The lowest BCUT2D eigenvalue weighted by Crippen LogP contribution is -2.45. The van der Waals surface area contributed by atoms with Crippen LogP contribution in [0.15, 0.2) is 18.2 Å². The van der Waals surface area contributed by atoms with E-state index in [4.69, 9.17) is 9.84 Å². The van der Waals surface area contributed by atoms with Crippen LogP contribution in [0.4, 0.5) is 0 Å². The molecule has 0 aromatic heterocycles. The third-order valence-corrected chi connectivity index (χ3v) is 2.76. The van der Waals surface area contributed by atoms with Gasteiger partial charge in [-0.3, -0.25) is 4.79 Å². The third-order valence-electron chi connectivity index (χ3n) is 2.76. The van der Waals surface area contributed by atoms with Gasteiger partial charge in [0.1, 0.15) is 5.75 Å². The molecule has 0 saturated heterocycles. The molecule has 2 N–H and O–H groups in total. The van der Waals surface area contributed by atoms with Crippen molar-refractivity contribution in [3.05, 3.63) is 29.3 Å². The average Bonchev–Trinajstić information content (AvgIpc) is 2.43. The van der Waals surface area contributed by atoms with Crippen molar-refractivity contribution in [1.29, 1.82) is 0 Å². The summed E-state index contributed by atoms with van der Waals surface area (Å²) >= 11 is 0. The van der Waals surface area contributed by atoms with Crippen LogP contribution in [0.3, 0.4) is 0 Å². The van der Waals surface area contributed by atoms with Gasteiger partial charge in [-0.1, -0.05) is 18.2 Å². The standard InChI is InChI=1S/C14H19NO5/c1-9-5-4-6-10(2)13(9)20-8-12(17)15-11(7-16)14(18)19-3/h4-6,11,16H,7-8H2,1-3H3,(H,15,17)/t11-/m0/s1. The van der Waals surface area contributed by atoms with Gasteiger partial charge in [-0.05, 0) is 25.0 Å². The van der Waals surface area contributed by atoms with Gasteiger partial charge in [-0.2, -0.15) is 0 Å². The Morgan fingerprint density at radius 3 is 2.40 bits per heavy atom. The van der Waals surface area contributed by atoms with E-state index in [1.165, 1.54) is 7.11 Å². The van der Waals surface area contributed by atoms with E-state index in [2.05, 4.69) is 10.1 Å². The van der Waals surface area contributed by atoms with Gasteiger partial charge in [-0.25, -0.2) is 4.79 Å². The lowest BCUT2D eigenvalue weighted by Gasteiger charge is -2.15. The summed E-state index contributed by atoms with van der Waals surface area (Å²) in [6.07, 6.45) is 0. The zero-order chi connectivity index (χ0) is 15.1. The van der Waals surface area contributed by atoms with Crippen molar-refractivity contribution >= 4 is 11.9 Å². The number of carbonyl (C=O) groups excluding carboxylic acids is 2. The number of nitrogens with one attached hydrogen (secondary N) is 1. The summed E-state index contributed by atoms with van der Waals surface area (Å²) in [5.41, 5.74) is 1.84. The monoisotopic (exact) mass is 281 g/mol. The molecule has 0 aliphatic carbocycles. The molecule has 0 heterocycles. The lowest BCUT2D eigenvalue weighted by atomic mass is 10.1. The molecule has 0 aliphatic rings. The third kappa shape index (κ3) is 4.24. The summed E-state index contributed by atoms with van der Waals surface area (Å²) in [4.78, 5) is 22.9. The van der Waals surface area contributed by atoms with Gasteiger partial charge in [0, 0.05) is 0 Å². The minimum absolute atomic E-state index is 0.237. The summed E-state index contributed by atoms with van der Waals surface area (Å²) in [6.45, 7) is 3.00. The van der Waals surface area contributed by atoms with Gasteiger partial charge < -0.3 is 19.9 Å². The summed E-state index contributed by atoms with van der Waals surface area (Å²) in [7, 11) is 1.18. The number of ether oxygens (including phenoxy) is 2. The first-order valence-corrected chi connectivity index (χ1v) is 6.16. The maximum Gasteiger partial charge on any atom is 0.330 e. The topological polar surface area (TPSA) is 84.9 Å². The normalized spacial score (nSPS) is 11.6. The molecule has 0 radical (unpaired) electrons. The molecular weight excluding hydrogens is 262 g/mol. The van der Waals surface area contributed by atoms with E-state index >= 15 is 0 Å². The Labute approximate surface area is 117 Å². The lowest BCUT2D eigenvalue weighted by molar-refractivity contribution is -0.146. The molecule has 0 aliphatic heterocycles. The van der Waals surface area contributed by atoms with E-state index < -0.39 is 24.5 Å². The number of aliphatic hydroxyl groups excluding tert-OH is 1. The van der Waals surface area contributed by atoms with Crippen molar-refractivity contribution in [3.8, 4) is 5.75 Å². The van der Waals surface area contributed by atoms with Crippen LogP contribution < -0.4 is 10.1 Å². The molecule has 20 heavy (non-hydrogen) atoms. The zero-order valence-corrected chi connectivity index (χ0v) is 11.8. The van der Waals surface area contributed by atoms with Crippen LogP contribution in [0.1, 0.15) is 11.1 Å². The highest BCUT2D eigenvalue weighted by atomic mass is 16.5. The maximum atomic E-state index is 11.7. The van der Waals surface area contributed by atoms with Crippen molar-refractivity contribution in [2.45, 2.75) is 19.9 Å². The van der Waals surface area contributed by atoms with Crippen molar-refractivity contribution < 1.29 is 24.2 Å². The smallest absolute Gasteiger partial charge is 0.330 e. The summed E-state index contributed by atoms with van der Waals surface area (Å²) in [5.74, 6) is -0.564. The number of aryl methyl sites for hydroxylation is 2. The molecule has 1 rings (SSSR count). The molecule has 1 aromatic carbocycles. The van der Waals surface area contributed by atoms with Crippen LogP contribution in [-0.4, -0.2) is 43.3 Å². The van der Waals surface area contributed by atoms with E-state index in [1.54, 1.807) is 0 Å². The summed E-state index contributed by atoms with van der Waals surface area (Å²) < 4.78 is 9.89. The predicted octanol–water partition coefficient (Wildman–Crippen LogP) is 0.332. The van der Waals surface area contributed by atoms with E-state index in [9.17, 15) is 9.59 Å². The molecule has 0 spiro atoms. The molecule has 110 valence electrons. The zero-order valence-electron chi connectivity index (χ0n) is 11.8. The Hall–Kier alpha value is -2.08. The molecule has 6 nitrogen and oxygen atoms in total. The second-order valence-electron chi connectivity index (χ2n) is 4.34. The Morgan fingerprint density at radius 2 is 1.90 bits per heavy atom. The van der Waals surface area contributed by atoms with Gasteiger partial charge >= 0.3 is 5.97 Å². The Morgan fingerprint density at radius 1 is 1.30 bits per heavy atom. The highest BCUT2D eigenvalue weighted by molar-refractivity contribution is 5.85. The van der Waals surface area contributed by atoms with Crippen LogP contribution in [-0.2, 0) is 14.3 Å². The predicted molar refractivity (Wildman–Crippen MR) is 72.4 cm³/mol. The molecule has 1 amide bonds. The number of esters is 1. The first-order chi connectivity index (χ1) is 9.49. The molecule has 1 atom stereocenters. The number of methoxy groups -OCH3 is 1. The van der Waals surface area contributed by atoms with Crippen LogP contribution in [0.25, 0.3) is 0 Å². The largest absolute Gasteiger partial charge is 0.483 e. The number of amides is 1. The van der Waals surface area contributed by atoms with Crippen LogP contribution in [0.5, 0.6) is 5.75 Å². The average molecular weight is 281 g/mol. The molecule has 1 aromatic rings. The number of para-hydroxylation sites is 1. The van der Waals surface area contributed by atoms with Gasteiger partial charge in [-0.15, -0.1) is 0 Å². The van der Waals surface area contributed by atoms with Gasteiger partial charge in [0.25, 0.3) is 5.91 Å². The first kappa shape index (κ1) is 16.0. The quantitative estimate of drug-likeness (QED) is 0.734. The Bertz CT molecular complexity index is 466. The Kier molecular flexibility index (Phi) is 5.99. The van der Waals surface area contributed by atoms with E-state index in [1.807, 2.05) is 32.0 Å². The van der Waals surface area contributed by atoms with Crippen LogP contribution in [0.2, 0.25) is 0 Å². The Balaban J connectivity index is 2.57. The summed E-state index contributed by atoms with van der Waals surface area (Å²) in [6, 6.07) is 4.58. The molecule has 0 fully saturated rings. The van der Waals surface area contributed by atoms with Gasteiger partial charge in [0.2, 0.25) is 0 Å². The number of hydrogen-bond acceptors (Lipinski definition) is 5. The second kappa shape index (κ2) is 7.49. The fourth-order valence-electron chi connectivity index (χ4n) is 1.72. The van der Waals surface area contributed by atoms with E-state index in [-0.39, 0.29) is 6.61 Å². The van der Waals surface area contributed by atoms with E-state index in [0.717, 1.165) is 11.1 Å². The fourth-order valence-corrected chi connectivity index (χ4v) is 1.72. The molecule has 0 unspecified atom stereocenters. The van der Waals surface area contributed by atoms with Crippen LogP contribution in [0, 0.1) is 13.8 Å². The van der Waals surface area contributed by atoms with Crippen molar-refractivity contribution in [1.82, 2.24) is 5.32 Å². The second-order valence-corrected chi connectivity index (χ2v) is 4.34. The summed E-state index contributed by atoms with van der Waals surface area (Å²) in [5, 5.41) is 11.3. The number of carbonyl (C=O) groups is 2. The number of benzene rings is 1. The van der Waals surface area contributed by atoms with E-state index in [0.29, 0.717) is 5.75 Å². The van der Waals surface area contributed by atoms with Crippen molar-refractivity contribution in [2.24, 2.45) is 0 Å². The first-order valence-electron chi connectivity index (χ1n) is 6.16. The highest BCUT2D eigenvalue weighted by Crippen LogP contribution is 2.21. The highest BCUT2D eigenvalue weighted by Gasteiger charge is 2.20. The van der Waals surface area contributed by atoms with Gasteiger partial charge in [0.05, 0.1) is 13.7 Å².